The lowest BCUT2D eigenvalue weighted by Gasteiger charge is -2.07. The number of carboxylic acids is 1. The van der Waals surface area contributed by atoms with Crippen LogP contribution in [0.5, 0.6) is 0 Å². The fourth-order valence-corrected chi connectivity index (χ4v) is 2.96. The van der Waals surface area contributed by atoms with E-state index in [1.54, 1.807) is 29.5 Å². The van der Waals surface area contributed by atoms with Gasteiger partial charge in [-0.05, 0) is 30.7 Å². The van der Waals surface area contributed by atoms with Gasteiger partial charge in [0.2, 0.25) is 0 Å². The van der Waals surface area contributed by atoms with Gasteiger partial charge in [0.25, 0.3) is 0 Å². The van der Waals surface area contributed by atoms with Crippen molar-refractivity contribution in [3.05, 3.63) is 52.7 Å². The molecule has 0 aliphatic carbocycles. The number of aromatic nitrogens is 2. The average molecular weight is 299 g/mol. The smallest absolute Gasteiger partial charge is 0.335 e. The molecule has 0 saturated carbocycles. The van der Waals surface area contributed by atoms with Crippen molar-refractivity contribution in [3.8, 4) is 0 Å². The van der Waals surface area contributed by atoms with Crippen molar-refractivity contribution in [2.24, 2.45) is 0 Å². The Bertz CT molecular complexity index is 814. The van der Waals surface area contributed by atoms with Crippen molar-refractivity contribution in [1.82, 2.24) is 9.97 Å². The summed E-state index contributed by atoms with van der Waals surface area (Å²) < 4.78 is 0. The Kier molecular flexibility index (Phi) is 3.53. The van der Waals surface area contributed by atoms with Crippen molar-refractivity contribution in [1.29, 1.82) is 0 Å². The van der Waals surface area contributed by atoms with Crippen LogP contribution in [0.15, 0.2) is 36.7 Å². The van der Waals surface area contributed by atoms with Gasteiger partial charge >= 0.3 is 5.97 Å². The second-order valence-corrected chi connectivity index (χ2v) is 5.89. The van der Waals surface area contributed by atoms with Crippen LogP contribution in [0.4, 0.5) is 5.82 Å². The minimum Gasteiger partial charge on any atom is -0.478 e. The van der Waals surface area contributed by atoms with Gasteiger partial charge < -0.3 is 10.4 Å². The van der Waals surface area contributed by atoms with Gasteiger partial charge in [0.1, 0.15) is 17.0 Å². The number of fused-ring (bicyclic) bond motifs is 1. The van der Waals surface area contributed by atoms with Crippen molar-refractivity contribution in [2.75, 3.05) is 5.32 Å². The van der Waals surface area contributed by atoms with E-state index in [1.807, 2.05) is 13.0 Å². The molecule has 2 N–H and O–H groups in total. The fourth-order valence-electron chi connectivity index (χ4n) is 2.12. The average Bonchev–Trinajstić information content (AvgIpc) is 2.86. The molecule has 106 valence electrons. The van der Waals surface area contributed by atoms with Crippen LogP contribution >= 0.6 is 11.3 Å². The van der Waals surface area contributed by atoms with Crippen molar-refractivity contribution in [2.45, 2.75) is 13.5 Å². The van der Waals surface area contributed by atoms with Crippen LogP contribution in [-0.4, -0.2) is 21.0 Å². The van der Waals surface area contributed by atoms with Crippen molar-refractivity contribution < 1.29 is 9.90 Å². The van der Waals surface area contributed by atoms with E-state index in [0.717, 1.165) is 21.6 Å². The van der Waals surface area contributed by atoms with Crippen LogP contribution in [-0.2, 0) is 6.54 Å². The summed E-state index contributed by atoms with van der Waals surface area (Å²) in [6.07, 6.45) is 1.54. The third kappa shape index (κ3) is 2.85. The summed E-state index contributed by atoms with van der Waals surface area (Å²) in [5, 5.41) is 13.2. The van der Waals surface area contributed by atoms with Gasteiger partial charge in [0.05, 0.1) is 10.9 Å². The Labute approximate surface area is 125 Å². The molecule has 0 bridgehead atoms. The first-order chi connectivity index (χ1) is 10.1. The van der Waals surface area contributed by atoms with E-state index in [1.165, 1.54) is 11.2 Å². The molecular weight excluding hydrogens is 286 g/mol. The van der Waals surface area contributed by atoms with Crippen LogP contribution in [0.25, 0.3) is 10.2 Å². The maximum Gasteiger partial charge on any atom is 0.335 e. The molecule has 0 saturated heterocycles. The zero-order valence-electron chi connectivity index (χ0n) is 11.3. The Morgan fingerprint density at radius 1 is 1.33 bits per heavy atom. The second kappa shape index (κ2) is 5.49. The standard InChI is InChI=1S/C15H13N3O2S/c1-9-5-12-13(17-8-18-14(12)21-9)16-7-10-3-2-4-11(6-10)15(19)20/h2-6,8H,7H2,1H3,(H,19,20)(H,16,17,18). The molecule has 2 aromatic heterocycles. The van der Waals surface area contributed by atoms with Gasteiger partial charge in [-0.25, -0.2) is 14.8 Å². The van der Waals surface area contributed by atoms with E-state index in [0.29, 0.717) is 6.54 Å². The number of hydrogen-bond donors (Lipinski definition) is 2. The molecule has 0 aliphatic heterocycles. The molecule has 0 aliphatic rings. The first kappa shape index (κ1) is 13.5. The highest BCUT2D eigenvalue weighted by Crippen LogP contribution is 2.27. The zero-order valence-corrected chi connectivity index (χ0v) is 12.1. The summed E-state index contributed by atoms with van der Waals surface area (Å²) in [5.74, 6) is -0.153. The SMILES string of the molecule is Cc1cc2c(NCc3cccc(C(=O)O)c3)ncnc2s1. The molecule has 2 heterocycles. The van der Waals surface area contributed by atoms with Gasteiger partial charge in [-0.2, -0.15) is 0 Å². The summed E-state index contributed by atoms with van der Waals surface area (Å²) in [4.78, 5) is 21.6. The highest BCUT2D eigenvalue weighted by atomic mass is 32.1. The highest BCUT2D eigenvalue weighted by Gasteiger charge is 2.07. The molecule has 1 aromatic carbocycles. The summed E-state index contributed by atoms with van der Waals surface area (Å²) in [5.41, 5.74) is 1.18. The van der Waals surface area contributed by atoms with E-state index in [9.17, 15) is 4.79 Å². The number of nitrogens with one attached hydrogen (secondary N) is 1. The number of benzene rings is 1. The molecular formula is C15H13N3O2S. The molecule has 5 nitrogen and oxygen atoms in total. The maximum atomic E-state index is 11.0. The van der Waals surface area contributed by atoms with E-state index in [2.05, 4.69) is 21.4 Å². The number of carboxylic acid groups (broad SMARTS) is 1. The monoisotopic (exact) mass is 299 g/mol. The largest absolute Gasteiger partial charge is 0.478 e. The quantitative estimate of drug-likeness (QED) is 0.773. The van der Waals surface area contributed by atoms with Gasteiger partial charge in [-0.1, -0.05) is 12.1 Å². The van der Waals surface area contributed by atoms with Crippen LogP contribution in [0.1, 0.15) is 20.8 Å². The number of carbonyl (C=O) groups is 1. The van der Waals surface area contributed by atoms with Crippen LogP contribution in [0.3, 0.4) is 0 Å². The number of rotatable bonds is 4. The maximum absolute atomic E-state index is 11.0. The van der Waals surface area contributed by atoms with Gasteiger partial charge in [0.15, 0.2) is 0 Å². The van der Waals surface area contributed by atoms with E-state index in [4.69, 9.17) is 5.11 Å². The number of anilines is 1. The summed E-state index contributed by atoms with van der Waals surface area (Å²) in [6, 6.07) is 8.92. The Morgan fingerprint density at radius 2 is 2.19 bits per heavy atom. The Morgan fingerprint density at radius 3 is 3.00 bits per heavy atom. The highest BCUT2D eigenvalue weighted by molar-refractivity contribution is 7.18. The van der Waals surface area contributed by atoms with Gasteiger partial charge in [0, 0.05) is 11.4 Å². The number of aryl methyl sites for hydroxylation is 1. The lowest BCUT2D eigenvalue weighted by molar-refractivity contribution is 0.0697. The first-order valence-corrected chi connectivity index (χ1v) is 7.22. The zero-order chi connectivity index (χ0) is 14.8. The fraction of sp³-hybridized carbons (Fsp3) is 0.133. The predicted molar refractivity (Wildman–Crippen MR) is 82.9 cm³/mol. The van der Waals surface area contributed by atoms with E-state index >= 15 is 0 Å². The number of aromatic carboxylic acids is 1. The van der Waals surface area contributed by atoms with Crippen LogP contribution in [0.2, 0.25) is 0 Å². The molecule has 21 heavy (non-hydrogen) atoms. The topological polar surface area (TPSA) is 75.1 Å². The normalized spacial score (nSPS) is 10.7. The molecule has 0 spiro atoms. The first-order valence-electron chi connectivity index (χ1n) is 6.41. The van der Waals surface area contributed by atoms with Gasteiger partial charge in [-0.3, -0.25) is 0 Å². The van der Waals surface area contributed by atoms with Crippen LogP contribution < -0.4 is 5.32 Å². The molecule has 0 amide bonds. The van der Waals surface area contributed by atoms with E-state index < -0.39 is 5.97 Å². The number of nitrogens with zero attached hydrogens (tertiary/aromatic N) is 2. The summed E-state index contributed by atoms with van der Waals surface area (Å²) in [7, 11) is 0. The third-order valence-corrected chi connectivity index (χ3v) is 4.05. The number of thiophene rings is 1. The molecule has 3 rings (SSSR count). The van der Waals surface area contributed by atoms with Crippen molar-refractivity contribution in [3.63, 3.8) is 0 Å². The van der Waals surface area contributed by atoms with E-state index in [-0.39, 0.29) is 5.56 Å². The van der Waals surface area contributed by atoms with Gasteiger partial charge in [-0.15, -0.1) is 11.3 Å². The molecule has 0 radical (unpaired) electrons. The van der Waals surface area contributed by atoms with Crippen molar-refractivity contribution >= 4 is 33.3 Å². The molecule has 0 unspecified atom stereocenters. The molecule has 3 aromatic rings. The molecule has 0 fully saturated rings. The summed E-state index contributed by atoms with van der Waals surface area (Å²) in [6.45, 7) is 2.55. The lowest BCUT2D eigenvalue weighted by Crippen LogP contribution is -2.04. The third-order valence-electron chi connectivity index (χ3n) is 3.09. The Hall–Kier alpha value is -2.47. The molecule has 6 heteroatoms. The number of hydrogen-bond acceptors (Lipinski definition) is 5. The molecule has 0 atom stereocenters. The van der Waals surface area contributed by atoms with Crippen LogP contribution in [0, 0.1) is 6.92 Å². The predicted octanol–water partition coefficient (Wildman–Crippen LogP) is 3.31. The second-order valence-electron chi connectivity index (χ2n) is 4.66. The minimum atomic E-state index is -0.922. The lowest BCUT2D eigenvalue weighted by atomic mass is 10.1. The Balaban J connectivity index is 1.83. The summed E-state index contributed by atoms with van der Waals surface area (Å²) >= 11 is 1.63. The minimum absolute atomic E-state index is 0.286.